The third kappa shape index (κ3) is 2.39. The van der Waals surface area contributed by atoms with Crippen molar-refractivity contribution in [2.75, 3.05) is 0 Å². The largest absolute Gasteiger partial charge is 0.488 e. The Labute approximate surface area is 123 Å². The monoisotopic (exact) mass is 286 g/mol. The van der Waals surface area contributed by atoms with E-state index in [0.29, 0.717) is 23.6 Å². The van der Waals surface area contributed by atoms with E-state index >= 15 is 0 Å². The van der Waals surface area contributed by atoms with Gasteiger partial charge in [0.15, 0.2) is 11.5 Å². The van der Waals surface area contributed by atoms with Gasteiger partial charge in [0.25, 0.3) is 5.91 Å². The molecule has 0 saturated heterocycles. The fourth-order valence-electron chi connectivity index (χ4n) is 2.32. The summed E-state index contributed by atoms with van der Waals surface area (Å²) < 4.78 is 11.1. The van der Waals surface area contributed by atoms with E-state index in [9.17, 15) is 4.79 Å². The van der Waals surface area contributed by atoms with Crippen LogP contribution in [0.4, 0.5) is 0 Å². The molecule has 0 unspecified atom stereocenters. The summed E-state index contributed by atoms with van der Waals surface area (Å²) in [5, 5.41) is 6.85. The molecule has 0 spiro atoms. The first-order chi connectivity index (χ1) is 10.1. The SMILES string of the molecule is CC[C@@H](C)NC(=O)c1noc2c1COc1ccc(C)cc1-2. The van der Waals surface area contributed by atoms with Crippen molar-refractivity contribution in [3.05, 3.63) is 35.0 Å². The Morgan fingerprint density at radius 3 is 3.05 bits per heavy atom. The van der Waals surface area contributed by atoms with Gasteiger partial charge in [-0.3, -0.25) is 4.79 Å². The van der Waals surface area contributed by atoms with Crippen LogP contribution in [0, 0.1) is 6.92 Å². The molecular formula is C16H18N2O3. The van der Waals surface area contributed by atoms with Crippen molar-refractivity contribution in [1.29, 1.82) is 0 Å². The molecule has 0 bridgehead atoms. The van der Waals surface area contributed by atoms with Crippen LogP contribution in [0.25, 0.3) is 11.3 Å². The maximum absolute atomic E-state index is 12.2. The molecule has 1 N–H and O–H groups in total. The Hall–Kier alpha value is -2.30. The van der Waals surface area contributed by atoms with Gasteiger partial charge in [-0.15, -0.1) is 0 Å². The average molecular weight is 286 g/mol. The van der Waals surface area contributed by atoms with Gasteiger partial charge < -0.3 is 14.6 Å². The molecule has 0 aliphatic carbocycles. The number of hydrogen-bond acceptors (Lipinski definition) is 4. The highest BCUT2D eigenvalue weighted by Gasteiger charge is 2.29. The van der Waals surface area contributed by atoms with E-state index in [1.54, 1.807) is 0 Å². The normalized spacial score (nSPS) is 13.9. The Morgan fingerprint density at radius 1 is 1.48 bits per heavy atom. The minimum atomic E-state index is -0.214. The molecule has 1 aliphatic heterocycles. The quantitative estimate of drug-likeness (QED) is 0.941. The second-order valence-corrected chi connectivity index (χ2v) is 5.41. The number of rotatable bonds is 3. The van der Waals surface area contributed by atoms with Gasteiger partial charge in [-0.1, -0.05) is 23.7 Å². The maximum Gasteiger partial charge on any atom is 0.274 e. The highest BCUT2D eigenvalue weighted by Crippen LogP contribution is 2.39. The molecule has 3 rings (SSSR count). The van der Waals surface area contributed by atoms with E-state index in [0.717, 1.165) is 23.3 Å². The summed E-state index contributed by atoms with van der Waals surface area (Å²) in [4.78, 5) is 12.2. The summed E-state index contributed by atoms with van der Waals surface area (Å²) in [5.74, 6) is 1.18. The highest BCUT2D eigenvalue weighted by atomic mass is 16.5. The third-order valence-electron chi connectivity index (χ3n) is 3.74. The van der Waals surface area contributed by atoms with Crippen LogP contribution in [-0.2, 0) is 6.61 Å². The molecule has 2 heterocycles. The second kappa shape index (κ2) is 5.24. The fourth-order valence-corrected chi connectivity index (χ4v) is 2.32. The van der Waals surface area contributed by atoms with Crippen LogP contribution in [0.2, 0.25) is 0 Å². The molecule has 0 fully saturated rings. The highest BCUT2D eigenvalue weighted by molar-refractivity contribution is 5.95. The van der Waals surface area contributed by atoms with Crippen LogP contribution >= 0.6 is 0 Å². The third-order valence-corrected chi connectivity index (χ3v) is 3.74. The molecule has 5 nitrogen and oxygen atoms in total. The summed E-state index contributed by atoms with van der Waals surface area (Å²) in [5.41, 5.74) is 2.99. The van der Waals surface area contributed by atoms with Crippen LogP contribution in [0.1, 0.15) is 41.9 Å². The average Bonchev–Trinajstić information content (AvgIpc) is 2.91. The lowest BCUT2D eigenvalue weighted by Gasteiger charge is -2.17. The molecule has 5 heteroatoms. The molecule has 1 aromatic carbocycles. The molecule has 1 aromatic heterocycles. The molecule has 1 aliphatic rings. The molecule has 1 amide bonds. The van der Waals surface area contributed by atoms with Crippen molar-refractivity contribution in [2.24, 2.45) is 0 Å². The first kappa shape index (κ1) is 13.7. The first-order valence-electron chi connectivity index (χ1n) is 7.13. The Balaban J connectivity index is 1.98. The van der Waals surface area contributed by atoms with Crippen molar-refractivity contribution in [1.82, 2.24) is 10.5 Å². The summed E-state index contributed by atoms with van der Waals surface area (Å²) in [7, 11) is 0. The molecular weight excluding hydrogens is 268 g/mol. The van der Waals surface area contributed by atoms with E-state index < -0.39 is 0 Å². The summed E-state index contributed by atoms with van der Waals surface area (Å²) >= 11 is 0. The number of hydrogen-bond donors (Lipinski definition) is 1. The van der Waals surface area contributed by atoms with E-state index in [-0.39, 0.29) is 11.9 Å². The van der Waals surface area contributed by atoms with E-state index in [2.05, 4.69) is 10.5 Å². The van der Waals surface area contributed by atoms with Gasteiger partial charge in [0.2, 0.25) is 0 Å². The number of nitrogens with one attached hydrogen (secondary N) is 1. The standard InChI is InChI=1S/C16H18N2O3/c1-4-10(3)17-16(19)14-12-8-20-13-6-5-9(2)7-11(13)15(12)21-18-14/h5-7,10H,4,8H2,1-3H3,(H,17,19)/t10-/m1/s1. The molecule has 0 radical (unpaired) electrons. The van der Waals surface area contributed by atoms with Crippen LogP contribution in [0.15, 0.2) is 22.7 Å². The maximum atomic E-state index is 12.2. The second-order valence-electron chi connectivity index (χ2n) is 5.41. The number of aryl methyl sites for hydroxylation is 1. The van der Waals surface area contributed by atoms with Crippen LogP contribution in [0.3, 0.4) is 0 Å². The Bertz CT molecular complexity index is 691. The van der Waals surface area contributed by atoms with Gasteiger partial charge in [-0.2, -0.15) is 0 Å². The van der Waals surface area contributed by atoms with Crippen LogP contribution < -0.4 is 10.1 Å². The number of benzene rings is 1. The van der Waals surface area contributed by atoms with E-state index in [4.69, 9.17) is 9.26 Å². The summed E-state index contributed by atoms with van der Waals surface area (Å²) in [6.45, 7) is 6.28. The topological polar surface area (TPSA) is 64.4 Å². The molecule has 21 heavy (non-hydrogen) atoms. The van der Waals surface area contributed by atoms with Gasteiger partial charge in [0, 0.05) is 6.04 Å². The number of carbonyl (C=O) groups is 1. The van der Waals surface area contributed by atoms with Crippen molar-refractivity contribution in [2.45, 2.75) is 39.8 Å². The smallest absolute Gasteiger partial charge is 0.274 e. The minimum absolute atomic E-state index is 0.101. The molecule has 110 valence electrons. The van der Waals surface area contributed by atoms with Gasteiger partial charge in [-0.25, -0.2) is 0 Å². The zero-order valence-corrected chi connectivity index (χ0v) is 12.4. The number of carbonyl (C=O) groups excluding carboxylic acids is 1. The van der Waals surface area contributed by atoms with E-state index in [1.165, 1.54) is 0 Å². The van der Waals surface area contributed by atoms with Crippen molar-refractivity contribution in [3.63, 3.8) is 0 Å². The predicted octanol–water partition coefficient (Wildman–Crippen LogP) is 3.07. The first-order valence-corrected chi connectivity index (χ1v) is 7.13. The van der Waals surface area contributed by atoms with Gasteiger partial charge in [0.1, 0.15) is 12.4 Å². The minimum Gasteiger partial charge on any atom is -0.488 e. The van der Waals surface area contributed by atoms with Crippen LogP contribution in [-0.4, -0.2) is 17.1 Å². The zero-order valence-electron chi connectivity index (χ0n) is 12.4. The van der Waals surface area contributed by atoms with Gasteiger partial charge in [-0.05, 0) is 32.4 Å². The van der Waals surface area contributed by atoms with Gasteiger partial charge in [0.05, 0.1) is 11.1 Å². The molecule has 0 saturated carbocycles. The number of ether oxygens (including phenoxy) is 1. The summed E-state index contributed by atoms with van der Waals surface area (Å²) in [6, 6.07) is 5.98. The lowest BCUT2D eigenvalue weighted by Crippen LogP contribution is -2.33. The van der Waals surface area contributed by atoms with E-state index in [1.807, 2.05) is 39.0 Å². The van der Waals surface area contributed by atoms with Crippen molar-refractivity contribution in [3.8, 4) is 17.1 Å². The zero-order chi connectivity index (χ0) is 15.0. The molecule has 2 aromatic rings. The van der Waals surface area contributed by atoms with Crippen molar-refractivity contribution < 1.29 is 14.1 Å². The van der Waals surface area contributed by atoms with Gasteiger partial charge >= 0.3 is 0 Å². The number of nitrogens with zero attached hydrogens (tertiary/aromatic N) is 1. The Kier molecular flexibility index (Phi) is 3.41. The predicted molar refractivity (Wildman–Crippen MR) is 78.2 cm³/mol. The molecule has 1 atom stereocenters. The summed E-state index contributed by atoms with van der Waals surface area (Å²) in [6.07, 6.45) is 0.865. The fraction of sp³-hybridized carbons (Fsp3) is 0.375. The number of aromatic nitrogens is 1. The lowest BCUT2D eigenvalue weighted by atomic mass is 10.0. The van der Waals surface area contributed by atoms with Crippen LogP contribution in [0.5, 0.6) is 5.75 Å². The Morgan fingerprint density at radius 2 is 2.29 bits per heavy atom. The lowest BCUT2D eigenvalue weighted by molar-refractivity contribution is 0.0928. The van der Waals surface area contributed by atoms with Crippen molar-refractivity contribution >= 4 is 5.91 Å². The number of fused-ring (bicyclic) bond motifs is 3. The number of amides is 1.